The third-order valence-electron chi connectivity index (χ3n) is 1.74. The van der Waals surface area contributed by atoms with Gasteiger partial charge in [-0.1, -0.05) is 11.3 Å². The number of rotatable bonds is 3. The molecule has 13 heavy (non-hydrogen) atoms. The summed E-state index contributed by atoms with van der Waals surface area (Å²) in [5, 5.41) is 9.83. The molecular formula is C8H15N3OS. The Morgan fingerprint density at radius 2 is 2.23 bits per heavy atom. The minimum Gasteiger partial charge on any atom is -0.394 e. The predicted octanol–water partition coefficient (Wildman–Crippen LogP) is 0.510. The third-order valence-corrected chi connectivity index (χ3v) is 3.19. The molecule has 0 saturated heterocycles. The fourth-order valence-corrected chi connectivity index (χ4v) is 1.99. The Balaban J connectivity index is 2.96. The van der Waals surface area contributed by atoms with E-state index in [2.05, 4.69) is 4.98 Å². The molecule has 0 saturated carbocycles. The van der Waals surface area contributed by atoms with Gasteiger partial charge in [0.15, 0.2) is 5.13 Å². The smallest absolute Gasteiger partial charge is 0.185 e. The maximum absolute atomic E-state index is 8.90. The van der Waals surface area contributed by atoms with Crippen LogP contribution in [0, 0.1) is 6.92 Å². The first-order chi connectivity index (χ1) is 6.06. The van der Waals surface area contributed by atoms with Crippen LogP contribution in [0.25, 0.3) is 0 Å². The van der Waals surface area contributed by atoms with Gasteiger partial charge in [-0.05, 0) is 6.92 Å². The number of nitrogens with two attached hydrogens (primary N) is 1. The summed E-state index contributed by atoms with van der Waals surface area (Å²) in [6, 6.07) is -0.300. The second kappa shape index (κ2) is 4.04. The fourth-order valence-electron chi connectivity index (χ4n) is 1.01. The van der Waals surface area contributed by atoms with Crippen LogP contribution in [0.15, 0.2) is 0 Å². The van der Waals surface area contributed by atoms with E-state index in [1.54, 1.807) is 0 Å². The maximum Gasteiger partial charge on any atom is 0.185 e. The van der Waals surface area contributed by atoms with Gasteiger partial charge in [0.25, 0.3) is 0 Å². The summed E-state index contributed by atoms with van der Waals surface area (Å²) >= 11 is 1.53. The molecule has 4 nitrogen and oxygen atoms in total. The second-order valence-electron chi connectivity index (χ2n) is 3.13. The minimum atomic E-state index is -0.300. The van der Waals surface area contributed by atoms with E-state index in [1.165, 1.54) is 11.3 Å². The number of aromatic nitrogens is 1. The molecule has 0 aliphatic carbocycles. The zero-order valence-electron chi connectivity index (χ0n) is 8.11. The van der Waals surface area contributed by atoms with Crippen molar-refractivity contribution in [1.29, 1.82) is 0 Å². The van der Waals surface area contributed by atoms with E-state index in [0.29, 0.717) is 0 Å². The van der Waals surface area contributed by atoms with Crippen molar-refractivity contribution in [1.82, 2.24) is 4.98 Å². The first kappa shape index (κ1) is 10.4. The van der Waals surface area contributed by atoms with Crippen molar-refractivity contribution in [2.24, 2.45) is 5.73 Å². The molecule has 0 aliphatic heterocycles. The number of anilines is 1. The number of aryl methyl sites for hydroxylation is 1. The molecule has 0 spiro atoms. The zero-order chi connectivity index (χ0) is 10.0. The molecule has 0 unspecified atom stereocenters. The molecule has 1 atom stereocenters. The molecule has 0 aliphatic rings. The Hall–Kier alpha value is -0.650. The summed E-state index contributed by atoms with van der Waals surface area (Å²) in [5.41, 5.74) is 6.62. The number of aliphatic hydroxyl groups is 1. The van der Waals surface area contributed by atoms with Gasteiger partial charge in [-0.2, -0.15) is 0 Å². The lowest BCUT2D eigenvalue weighted by Gasteiger charge is -2.06. The Bertz CT molecular complexity index is 285. The van der Waals surface area contributed by atoms with Gasteiger partial charge in [0, 0.05) is 19.0 Å². The number of hydrogen-bond acceptors (Lipinski definition) is 5. The van der Waals surface area contributed by atoms with Crippen LogP contribution in [0.5, 0.6) is 0 Å². The summed E-state index contributed by atoms with van der Waals surface area (Å²) in [6.45, 7) is 1.88. The topological polar surface area (TPSA) is 62.4 Å². The fraction of sp³-hybridized carbons (Fsp3) is 0.625. The van der Waals surface area contributed by atoms with E-state index in [-0.39, 0.29) is 12.6 Å². The first-order valence-corrected chi connectivity index (χ1v) is 4.89. The lowest BCUT2D eigenvalue weighted by Crippen LogP contribution is -2.13. The molecule has 1 aromatic rings. The highest BCUT2D eigenvalue weighted by Gasteiger charge is 2.14. The van der Waals surface area contributed by atoms with Gasteiger partial charge in [-0.15, -0.1) is 0 Å². The molecule has 0 amide bonds. The number of nitrogens with zero attached hydrogens (tertiary/aromatic N) is 2. The van der Waals surface area contributed by atoms with Gasteiger partial charge in [-0.25, -0.2) is 4.98 Å². The lowest BCUT2D eigenvalue weighted by atomic mass is 10.2. The highest BCUT2D eigenvalue weighted by Crippen LogP contribution is 2.28. The van der Waals surface area contributed by atoms with Crippen molar-refractivity contribution in [3.05, 3.63) is 10.6 Å². The van der Waals surface area contributed by atoms with Gasteiger partial charge in [0.1, 0.15) is 0 Å². The highest BCUT2D eigenvalue weighted by molar-refractivity contribution is 7.15. The van der Waals surface area contributed by atoms with Crippen LogP contribution in [0.2, 0.25) is 0 Å². The van der Waals surface area contributed by atoms with Crippen molar-refractivity contribution < 1.29 is 5.11 Å². The van der Waals surface area contributed by atoms with Crippen molar-refractivity contribution in [3.63, 3.8) is 0 Å². The SMILES string of the molecule is Cc1nc(N(C)C)sc1[C@H](N)CO. The van der Waals surface area contributed by atoms with Crippen LogP contribution >= 0.6 is 11.3 Å². The Kier molecular flexibility index (Phi) is 3.24. The van der Waals surface area contributed by atoms with Crippen LogP contribution in [0.3, 0.4) is 0 Å². The average Bonchev–Trinajstić information content (AvgIpc) is 2.46. The average molecular weight is 201 g/mol. The van der Waals surface area contributed by atoms with Gasteiger partial charge in [0.05, 0.1) is 18.3 Å². The number of aliphatic hydroxyl groups excluding tert-OH is 1. The summed E-state index contributed by atoms with van der Waals surface area (Å²) < 4.78 is 0. The van der Waals surface area contributed by atoms with Gasteiger partial charge in [-0.3, -0.25) is 0 Å². The van der Waals surface area contributed by atoms with Gasteiger partial charge in [0.2, 0.25) is 0 Å². The Morgan fingerprint density at radius 3 is 2.62 bits per heavy atom. The van der Waals surface area contributed by atoms with Crippen LogP contribution in [0.1, 0.15) is 16.6 Å². The number of hydrogen-bond donors (Lipinski definition) is 2. The largest absolute Gasteiger partial charge is 0.394 e. The van der Waals surface area contributed by atoms with Gasteiger partial charge >= 0.3 is 0 Å². The normalized spacial score (nSPS) is 13.0. The molecule has 0 aromatic carbocycles. The van der Waals surface area contributed by atoms with Crippen molar-refractivity contribution >= 4 is 16.5 Å². The van der Waals surface area contributed by atoms with Crippen LogP contribution in [0.4, 0.5) is 5.13 Å². The lowest BCUT2D eigenvalue weighted by molar-refractivity contribution is 0.269. The molecule has 0 radical (unpaired) electrons. The monoisotopic (exact) mass is 201 g/mol. The van der Waals surface area contributed by atoms with Crippen molar-refractivity contribution in [3.8, 4) is 0 Å². The summed E-state index contributed by atoms with van der Waals surface area (Å²) in [6.07, 6.45) is 0. The van der Waals surface area contributed by atoms with Crippen LogP contribution < -0.4 is 10.6 Å². The highest BCUT2D eigenvalue weighted by atomic mass is 32.1. The van der Waals surface area contributed by atoms with Crippen molar-refractivity contribution in [2.75, 3.05) is 25.6 Å². The Labute approximate surface area is 82.0 Å². The molecule has 1 rings (SSSR count). The standard InChI is InChI=1S/C8H15N3OS/c1-5-7(6(9)4-12)13-8(10-5)11(2)3/h6,12H,4,9H2,1-3H3/t6-/m1/s1. The molecule has 1 heterocycles. The van der Waals surface area contributed by atoms with E-state index in [0.717, 1.165) is 15.7 Å². The minimum absolute atomic E-state index is 0.0318. The molecule has 1 aromatic heterocycles. The summed E-state index contributed by atoms with van der Waals surface area (Å²) in [4.78, 5) is 7.23. The van der Waals surface area contributed by atoms with Crippen LogP contribution in [-0.2, 0) is 0 Å². The quantitative estimate of drug-likeness (QED) is 0.748. The van der Waals surface area contributed by atoms with E-state index >= 15 is 0 Å². The summed E-state index contributed by atoms with van der Waals surface area (Å²) in [7, 11) is 3.87. The third kappa shape index (κ3) is 2.18. The van der Waals surface area contributed by atoms with E-state index < -0.39 is 0 Å². The molecule has 3 N–H and O–H groups in total. The van der Waals surface area contributed by atoms with Gasteiger partial charge < -0.3 is 15.7 Å². The maximum atomic E-state index is 8.90. The zero-order valence-corrected chi connectivity index (χ0v) is 8.93. The molecule has 74 valence electrons. The van der Waals surface area contributed by atoms with E-state index in [4.69, 9.17) is 10.8 Å². The second-order valence-corrected chi connectivity index (χ2v) is 4.14. The molecular weight excluding hydrogens is 186 g/mol. The van der Waals surface area contributed by atoms with Crippen molar-refractivity contribution in [2.45, 2.75) is 13.0 Å². The van der Waals surface area contributed by atoms with Crippen LogP contribution in [-0.4, -0.2) is 30.8 Å². The molecule has 5 heteroatoms. The van der Waals surface area contributed by atoms with E-state index in [1.807, 2.05) is 25.9 Å². The summed E-state index contributed by atoms with van der Waals surface area (Å²) in [5.74, 6) is 0. The first-order valence-electron chi connectivity index (χ1n) is 4.07. The molecule has 0 bridgehead atoms. The number of thiazole rings is 1. The Morgan fingerprint density at radius 1 is 1.62 bits per heavy atom. The molecule has 0 fully saturated rings. The predicted molar refractivity (Wildman–Crippen MR) is 55.2 cm³/mol. The van der Waals surface area contributed by atoms with E-state index in [9.17, 15) is 0 Å².